The van der Waals surface area contributed by atoms with Crippen molar-refractivity contribution in [3.8, 4) is 0 Å². The van der Waals surface area contributed by atoms with Crippen LogP contribution in [0.25, 0.3) is 0 Å². The molecule has 1 aromatic heterocycles. The number of anilines is 1. The van der Waals surface area contributed by atoms with E-state index < -0.39 is 5.82 Å². The van der Waals surface area contributed by atoms with Gasteiger partial charge in [0.1, 0.15) is 15.8 Å². The molecule has 0 aliphatic heterocycles. The zero-order valence-electron chi connectivity index (χ0n) is 15.4. The number of carbonyl (C=O) groups is 1. The molecule has 0 fully saturated rings. The maximum Gasteiger partial charge on any atom is 0.253 e. The number of benzene rings is 2. The van der Waals surface area contributed by atoms with E-state index in [1.165, 1.54) is 17.4 Å². The molecule has 0 radical (unpaired) electrons. The lowest BCUT2D eigenvalue weighted by Gasteiger charge is -2.17. The Hall–Kier alpha value is -2.80. The van der Waals surface area contributed by atoms with Crippen molar-refractivity contribution < 1.29 is 9.18 Å². The van der Waals surface area contributed by atoms with Crippen molar-refractivity contribution in [1.82, 2.24) is 15.5 Å². The molecule has 1 amide bonds. The largest absolute Gasteiger partial charge is 0.378 e. The molecule has 1 unspecified atom stereocenters. The average Bonchev–Trinajstić information content (AvgIpc) is 3.08. The fraction of sp³-hybridized carbons (Fsp3) is 0.250. The van der Waals surface area contributed by atoms with Gasteiger partial charge in [-0.15, -0.1) is 10.2 Å². The van der Waals surface area contributed by atoms with Gasteiger partial charge in [-0.25, -0.2) is 4.39 Å². The number of aryl methyl sites for hydroxylation is 2. The minimum absolute atomic E-state index is 0.193. The molecule has 1 heterocycles. The summed E-state index contributed by atoms with van der Waals surface area (Å²) in [7, 11) is 0. The highest BCUT2D eigenvalue weighted by Gasteiger charge is 2.17. The second-order valence-electron chi connectivity index (χ2n) is 6.32. The lowest BCUT2D eigenvalue weighted by atomic mass is 10.1. The molecule has 1 atom stereocenters. The molecule has 0 bridgehead atoms. The van der Waals surface area contributed by atoms with E-state index in [1.54, 1.807) is 13.0 Å². The van der Waals surface area contributed by atoms with E-state index in [-0.39, 0.29) is 17.5 Å². The van der Waals surface area contributed by atoms with Crippen LogP contribution in [0.4, 0.5) is 10.1 Å². The van der Waals surface area contributed by atoms with Gasteiger partial charge in [0.05, 0.1) is 18.2 Å². The normalized spacial score (nSPS) is 11.9. The van der Waals surface area contributed by atoms with Crippen LogP contribution in [0.3, 0.4) is 0 Å². The predicted octanol–water partition coefficient (Wildman–Crippen LogP) is 4.40. The Balaban J connectivity index is 1.80. The first-order valence-corrected chi connectivity index (χ1v) is 9.44. The lowest BCUT2D eigenvalue weighted by Crippen LogP contribution is -2.27. The zero-order chi connectivity index (χ0) is 19.4. The van der Waals surface area contributed by atoms with E-state index in [0.717, 1.165) is 15.6 Å². The summed E-state index contributed by atoms with van der Waals surface area (Å²) >= 11 is 1.48. The van der Waals surface area contributed by atoms with Crippen molar-refractivity contribution in [2.45, 2.75) is 33.4 Å². The Morgan fingerprint density at radius 3 is 2.59 bits per heavy atom. The molecule has 7 heteroatoms. The number of amides is 1. The number of hydrogen-bond donors (Lipinski definition) is 2. The third-order valence-electron chi connectivity index (χ3n) is 4.19. The zero-order valence-corrected chi connectivity index (χ0v) is 16.2. The third kappa shape index (κ3) is 4.68. The number of halogens is 1. The number of nitrogens with zero attached hydrogens (tertiary/aromatic N) is 2. The molecule has 0 spiro atoms. The van der Waals surface area contributed by atoms with E-state index in [2.05, 4.69) is 20.8 Å². The number of nitrogens with one attached hydrogen (secondary N) is 2. The lowest BCUT2D eigenvalue weighted by molar-refractivity contribution is 0.0940. The maximum atomic E-state index is 14.1. The van der Waals surface area contributed by atoms with E-state index >= 15 is 0 Å². The number of aromatic nitrogens is 2. The Morgan fingerprint density at radius 2 is 1.93 bits per heavy atom. The van der Waals surface area contributed by atoms with Crippen LogP contribution in [-0.2, 0) is 6.54 Å². The molecule has 0 saturated carbocycles. The van der Waals surface area contributed by atoms with E-state index in [4.69, 9.17) is 0 Å². The van der Waals surface area contributed by atoms with Gasteiger partial charge in [0.2, 0.25) is 0 Å². The summed E-state index contributed by atoms with van der Waals surface area (Å²) in [6, 6.07) is 12.4. The SMILES string of the molecule is Cc1nnc(CNc2cc(C)c(F)cc2C(=O)NC(C)c2ccccc2)s1. The van der Waals surface area contributed by atoms with Crippen LogP contribution in [0.5, 0.6) is 0 Å². The van der Waals surface area contributed by atoms with Gasteiger partial charge in [-0.1, -0.05) is 41.7 Å². The van der Waals surface area contributed by atoms with Crippen LogP contribution >= 0.6 is 11.3 Å². The van der Waals surface area contributed by atoms with Gasteiger partial charge < -0.3 is 10.6 Å². The molecule has 27 heavy (non-hydrogen) atoms. The van der Waals surface area contributed by atoms with Crippen LogP contribution in [0.15, 0.2) is 42.5 Å². The predicted molar refractivity (Wildman–Crippen MR) is 105 cm³/mol. The first kappa shape index (κ1) is 19.0. The number of carbonyl (C=O) groups excluding carboxylic acids is 1. The van der Waals surface area contributed by atoms with Crippen molar-refractivity contribution in [2.24, 2.45) is 0 Å². The van der Waals surface area contributed by atoms with Crippen LogP contribution in [0, 0.1) is 19.7 Å². The Morgan fingerprint density at radius 1 is 1.19 bits per heavy atom. The molecular formula is C20H21FN4OS. The highest BCUT2D eigenvalue weighted by molar-refractivity contribution is 7.11. The molecular weight excluding hydrogens is 363 g/mol. The van der Waals surface area contributed by atoms with Gasteiger partial charge in [0.15, 0.2) is 0 Å². The van der Waals surface area contributed by atoms with Gasteiger partial charge in [-0.2, -0.15) is 0 Å². The molecule has 0 aliphatic carbocycles. The highest BCUT2D eigenvalue weighted by Crippen LogP contribution is 2.23. The number of rotatable bonds is 6. The van der Waals surface area contributed by atoms with Gasteiger partial charge in [0.25, 0.3) is 5.91 Å². The molecule has 2 aromatic carbocycles. The smallest absolute Gasteiger partial charge is 0.253 e. The Bertz CT molecular complexity index is 942. The summed E-state index contributed by atoms with van der Waals surface area (Å²) in [5.41, 5.74) is 2.29. The molecule has 0 aliphatic rings. The molecule has 2 N–H and O–H groups in total. The fourth-order valence-electron chi connectivity index (χ4n) is 2.69. The summed E-state index contributed by atoms with van der Waals surface area (Å²) in [5, 5.41) is 15.8. The second-order valence-corrected chi connectivity index (χ2v) is 7.59. The fourth-order valence-corrected chi connectivity index (χ4v) is 3.34. The van der Waals surface area contributed by atoms with Crippen molar-refractivity contribution in [3.05, 3.63) is 75.0 Å². The van der Waals surface area contributed by atoms with Crippen molar-refractivity contribution in [2.75, 3.05) is 5.32 Å². The van der Waals surface area contributed by atoms with Crippen molar-refractivity contribution in [1.29, 1.82) is 0 Å². The second kappa shape index (κ2) is 8.26. The molecule has 5 nitrogen and oxygen atoms in total. The minimum atomic E-state index is -0.412. The summed E-state index contributed by atoms with van der Waals surface area (Å²) < 4.78 is 14.1. The quantitative estimate of drug-likeness (QED) is 0.661. The molecule has 140 valence electrons. The topological polar surface area (TPSA) is 66.9 Å². The summed E-state index contributed by atoms with van der Waals surface area (Å²) in [6.07, 6.45) is 0. The van der Waals surface area contributed by atoms with Crippen LogP contribution in [-0.4, -0.2) is 16.1 Å². The van der Waals surface area contributed by atoms with E-state index in [1.807, 2.05) is 44.2 Å². The highest BCUT2D eigenvalue weighted by atomic mass is 32.1. The number of hydrogen-bond acceptors (Lipinski definition) is 5. The van der Waals surface area contributed by atoms with Gasteiger partial charge >= 0.3 is 0 Å². The monoisotopic (exact) mass is 384 g/mol. The maximum absolute atomic E-state index is 14.1. The average molecular weight is 384 g/mol. The van der Waals surface area contributed by atoms with Gasteiger partial charge in [-0.05, 0) is 44.0 Å². The third-order valence-corrected chi connectivity index (χ3v) is 5.03. The Labute approximate surface area is 161 Å². The van der Waals surface area contributed by atoms with Crippen LogP contribution < -0.4 is 10.6 Å². The van der Waals surface area contributed by atoms with Gasteiger partial charge in [0, 0.05) is 5.69 Å². The van der Waals surface area contributed by atoms with Crippen molar-refractivity contribution >= 4 is 22.9 Å². The first-order chi connectivity index (χ1) is 12.9. The Kier molecular flexibility index (Phi) is 5.81. The molecule has 0 saturated heterocycles. The minimum Gasteiger partial charge on any atom is -0.378 e. The van der Waals surface area contributed by atoms with E-state index in [0.29, 0.717) is 17.8 Å². The molecule has 3 rings (SSSR count). The van der Waals surface area contributed by atoms with Crippen LogP contribution in [0.1, 0.15) is 44.5 Å². The first-order valence-electron chi connectivity index (χ1n) is 8.63. The summed E-state index contributed by atoms with van der Waals surface area (Å²) in [4.78, 5) is 12.8. The van der Waals surface area contributed by atoms with Crippen molar-refractivity contribution in [3.63, 3.8) is 0 Å². The van der Waals surface area contributed by atoms with Gasteiger partial charge in [-0.3, -0.25) is 4.79 Å². The van der Waals surface area contributed by atoms with Crippen LogP contribution in [0.2, 0.25) is 0 Å². The van der Waals surface area contributed by atoms with E-state index in [9.17, 15) is 9.18 Å². The standard InChI is InChI=1S/C20H21FN4OS/c1-12-9-18(22-11-19-25-24-14(3)27-19)16(10-17(12)21)20(26)23-13(2)15-7-5-4-6-8-15/h4-10,13,22H,11H2,1-3H3,(H,23,26). The molecule has 3 aromatic rings. The summed E-state index contributed by atoms with van der Waals surface area (Å²) in [6.45, 7) is 5.87. The summed E-state index contributed by atoms with van der Waals surface area (Å²) in [5.74, 6) is -0.744.